The van der Waals surface area contributed by atoms with E-state index in [9.17, 15) is 8.42 Å². The van der Waals surface area contributed by atoms with Crippen molar-refractivity contribution in [2.75, 3.05) is 0 Å². The standard InChI is InChI=1S/H2O3PS.Pd/c1-5(2)3-4;/h4H2;. The van der Waals surface area contributed by atoms with Crippen molar-refractivity contribution >= 4 is 17.4 Å². The summed E-state index contributed by atoms with van der Waals surface area (Å²) >= 11 is 1.96. The minimum atomic E-state index is -3.35. The van der Waals surface area contributed by atoms with Crippen molar-refractivity contribution < 1.29 is 30.3 Å². The quantitative estimate of drug-likeness (QED) is 0.445. The summed E-state index contributed by atoms with van der Waals surface area (Å²) in [5.41, 5.74) is 0. The molecule has 3 nitrogen and oxygen atoms in total. The van der Waals surface area contributed by atoms with Gasteiger partial charge in [-0.1, -0.05) is 0 Å². The molecule has 0 aliphatic heterocycles. The van der Waals surface area contributed by atoms with Crippen molar-refractivity contribution in [1.29, 1.82) is 0 Å². The van der Waals surface area contributed by atoms with Crippen LogP contribution in [0.5, 0.6) is 0 Å². The summed E-state index contributed by atoms with van der Waals surface area (Å²) in [6.45, 7) is 0. The van der Waals surface area contributed by atoms with E-state index in [4.69, 9.17) is 0 Å². The molecule has 0 amide bonds. The Bertz CT molecular complexity index is 113. The first kappa shape index (κ1) is 7.00. The van der Waals surface area contributed by atoms with E-state index < -0.39 is 7.94 Å². The molecule has 6 heavy (non-hydrogen) atoms. The van der Waals surface area contributed by atoms with Crippen LogP contribution in [-0.4, -0.2) is 8.42 Å². The average molecular weight is 219 g/mol. The van der Waals surface area contributed by atoms with Crippen molar-refractivity contribution in [2.45, 2.75) is 0 Å². The zero-order valence-electron chi connectivity index (χ0n) is 2.53. The number of rotatable bonds is 1. The second kappa shape index (κ2) is 2.35. The summed E-state index contributed by atoms with van der Waals surface area (Å²) in [7, 11) is -1.75. The van der Waals surface area contributed by atoms with E-state index in [2.05, 4.69) is 3.97 Å². The van der Waals surface area contributed by atoms with Crippen LogP contribution < -0.4 is 0 Å². The van der Waals surface area contributed by atoms with E-state index in [1.807, 2.05) is 17.9 Å². The normalized spacial score (nSPS) is 11.8. The summed E-state index contributed by atoms with van der Waals surface area (Å²) in [5, 5.41) is 0. The molecule has 0 fully saturated rings. The summed E-state index contributed by atoms with van der Waals surface area (Å²) in [6, 6.07) is 0. The van der Waals surface area contributed by atoms with Crippen molar-refractivity contribution in [3.8, 4) is 0 Å². The van der Waals surface area contributed by atoms with Crippen LogP contribution in [0.1, 0.15) is 0 Å². The molecule has 41 valence electrons. The van der Waals surface area contributed by atoms with Gasteiger partial charge in [-0.3, -0.25) is 0 Å². The monoisotopic (exact) mass is 219 g/mol. The molecule has 0 aromatic rings. The fourth-order valence-electron chi connectivity index (χ4n) is 0. The Morgan fingerprint density at radius 3 is 1.83 bits per heavy atom. The summed E-state index contributed by atoms with van der Waals surface area (Å²) in [4.78, 5) is 0. The predicted octanol–water partition coefficient (Wildman–Crippen LogP) is -0.415. The Hall–Kier alpha value is 1.00. The van der Waals surface area contributed by atoms with E-state index >= 15 is 0 Å². The van der Waals surface area contributed by atoms with Gasteiger partial charge in [0.25, 0.3) is 0 Å². The molecule has 0 spiro atoms. The van der Waals surface area contributed by atoms with Crippen LogP contribution in [0.4, 0.5) is 0 Å². The molecule has 1 unspecified atom stereocenters. The van der Waals surface area contributed by atoms with Crippen LogP contribution >= 0.6 is 9.47 Å². The van der Waals surface area contributed by atoms with Crippen molar-refractivity contribution in [1.82, 2.24) is 0 Å². The van der Waals surface area contributed by atoms with Gasteiger partial charge in [-0.2, -0.15) is 0 Å². The first-order valence-corrected chi connectivity index (χ1v) is 4.50. The third kappa shape index (κ3) is 5.00. The maximum absolute atomic E-state index is 9.69. The number of hydrogen-bond donors (Lipinski definition) is 0. The molecule has 0 saturated carbocycles. The number of hydrogen-bond acceptors (Lipinski definition) is 3. The Labute approximate surface area is 48.0 Å². The molecule has 0 rings (SSSR count). The Kier molecular flexibility index (Phi) is 2.74. The Morgan fingerprint density at radius 2 is 1.83 bits per heavy atom. The molecule has 6 heteroatoms. The van der Waals surface area contributed by atoms with Gasteiger partial charge in [-0.05, 0) is 0 Å². The van der Waals surface area contributed by atoms with Crippen LogP contribution in [0, 0.1) is 0 Å². The first-order valence-electron chi connectivity index (χ1n) is 0.865. The molecule has 0 bridgehead atoms. The fourth-order valence-corrected chi connectivity index (χ4v) is 0. The van der Waals surface area contributed by atoms with E-state index in [-0.39, 0.29) is 0 Å². The van der Waals surface area contributed by atoms with Crippen LogP contribution in [0.15, 0.2) is 0 Å². The SMILES string of the molecule is O=[S](=O)([Pd])OP. The average Bonchev–Trinajstić information content (AvgIpc) is 1.35. The summed E-state index contributed by atoms with van der Waals surface area (Å²) in [6.07, 6.45) is 0. The van der Waals surface area contributed by atoms with Crippen molar-refractivity contribution in [2.24, 2.45) is 0 Å². The molecule has 0 aliphatic rings. The fraction of sp³-hybridized carbons (Fsp3) is 0. The molecule has 0 radical (unpaired) electrons. The Morgan fingerprint density at radius 1 is 1.67 bits per heavy atom. The molecule has 1 atom stereocenters. The topological polar surface area (TPSA) is 43.4 Å². The van der Waals surface area contributed by atoms with Gasteiger partial charge < -0.3 is 0 Å². The van der Waals surface area contributed by atoms with E-state index in [0.29, 0.717) is 0 Å². The van der Waals surface area contributed by atoms with Gasteiger partial charge in [0.05, 0.1) is 0 Å². The summed E-state index contributed by atoms with van der Waals surface area (Å²) in [5.74, 6) is 0. The molecular weight excluding hydrogens is 217 g/mol. The second-order valence-electron chi connectivity index (χ2n) is 0.458. The first-order chi connectivity index (χ1) is 2.56. The van der Waals surface area contributed by atoms with E-state index in [0.717, 1.165) is 0 Å². The van der Waals surface area contributed by atoms with E-state index in [1.54, 1.807) is 9.47 Å². The molecule has 0 N–H and O–H groups in total. The van der Waals surface area contributed by atoms with Crippen LogP contribution in [0.2, 0.25) is 0 Å². The van der Waals surface area contributed by atoms with Crippen LogP contribution in [-0.2, 0) is 29.9 Å². The van der Waals surface area contributed by atoms with Gasteiger partial charge in [-0.15, -0.1) is 0 Å². The third-order valence-corrected chi connectivity index (χ3v) is 2.33. The molecule has 0 aromatic carbocycles. The van der Waals surface area contributed by atoms with Gasteiger partial charge in [0.2, 0.25) is 0 Å². The molecule has 0 heterocycles. The third-order valence-electron chi connectivity index (χ3n) is 0.109. The van der Waals surface area contributed by atoms with Crippen LogP contribution in [0.3, 0.4) is 0 Å². The zero-order chi connectivity index (χ0) is 5.21. The molecule has 0 saturated heterocycles. The van der Waals surface area contributed by atoms with Crippen molar-refractivity contribution in [3.63, 3.8) is 0 Å². The minimum absolute atomic E-state index is 1.60. The predicted molar refractivity (Wildman–Crippen MR) is 19.7 cm³/mol. The van der Waals surface area contributed by atoms with Crippen LogP contribution in [0.25, 0.3) is 0 Å². The summed E-state index contributed by atoms with van der Waals surface area (Å²) < 4.78 is 23.1. The molecule has 0 aliphatic carbocycles. The van der Waals surface area contributed by atoms with Gasteiger partial charge in [-0.25, -0.2) is 0 Å². The molecular formula is H2O3PPdS. The van der Waals surface area contributed by atoms with Crippen molar-refractivity contribution in [3.05, 3.63) is 0 Å². The van der Waals surface area contributed by atoms with Gasteiger partial charge in [0.15, 0.2) is 0 Å². The van der Waals surface area contributed by atoms with Gasteiger partial charge in [0, 0.05) is 0 Å². The zero-order valence-corrected chi connectivity index (χ0v) is 6.05. The molecule has 0 aromatic heterocycles. The Balaban J connectivity index is 3.85. The maximum atomic E-state index is 9.69. The second-order valence-corrected chi connectivity index (χ2v) is 4.28. The van der Waals surface area contributed by atoms with Gasteiger partial charge >= 0.3 is 47.7 Å². The van der Waals surface area contributed by atoms with Gasteiger partial charge in [0.1, 0.15) is 0 Å². The van der Waals surface area contributed by atoms with E-state index in [1.165, 1.54) is 0 Å².